The van der Waals surface area contributed by atoms with Gasteiger partial charge in [0.2, 0.25) is 11.8 Å². The van der Waals surface area contributed by atoms with Crippen LogP contribution >= 0.6 is 11.6 Å². The molecular formula is C30H36ClN3O4S. The zero-order valence-electron chi connectivity index (χ0n) is 22.9. The first-order valence-corrected chi connectivity index (χ1v) is 14.8. The van der Waals surface area contributed by atoms with E-state index in [4.69, 9.17) is 11.6 Å². The molecule has 0 aliphatic heterocycles. The summed E-state index contributed by atoms with van der Waals surface area (Å²) in [5.74, 6) is -0.786. The Morgan fingerprint density at radius 2 is 1.64 bits per heavy atom. The van der Waals surface area contributed by atoms with Crippen molar-refractivity contribution >= 4 is 39.1 Å². The van der Waals surface area contributed by atoms with Gasteiger partial charge in [-0.2, -0.15) is 0 Å². The maximum Gasteiger partial charge on any atom is 0.264 e. The number of carbonyl (C=O) groups excluding carboxylic acids is 2. The third-order valence-corrected chi connectivity index (χ3v) is 8.52. The van der Waals surface area contributed by atoms with Crippen molar-refractivity contribution in [2.45, 2.75) is 58.0 Å². The van der Waals surface area contributed by atoms with E-state index in [1.165, 1.54) is 17.0 Å². The molecule has 0 unspecified atom stereocenters. The molecule has 1 N–H and O–H groups in total. The van der Waals surface area contributed by atoms with E-state index in [1.54, 1.807) is 50.2 Å². The lowest BCUT2D eigenvalue weighted by Gasteiger charge is -2.32. The highest BCUT2D eigenvalue weighted by Crippen LogP contribution is 2.29. The van der Waals surface area contributed by atoms with Gasteiger partial charge in [0.25, 0.3) is 10.0 Å². The first-order chi connectivity index (χ1) is 18.5. The monoisotopic (exact) mass is 569 g/mol. The van der Waals surface area contributed by atoms with Crippen LogP contribution in [0.25, 0.3) is 0 Å². The molecular weight excluding hydrogens is 534 g/mol. The fourth-order valence-electron chi connectivity index (χ4n) is 4.14. The minimum atomic E-state index is -4.12. The highest BCUT2D eigenvalue weighted by Gasteiger charge is 2.33. The molecule has 0 heterocycles. The van der Waals surface area contributed by atoms with Crippen LogP contribution in [0.15, 0.2) is 77.7 Å². The number of sulfonamides is 1. The van der Waals surface area contributed by atoms with Crippen LogP contribution < -0.4 is 9.62 Å². The van der Waals surface area contributed by atoms with Gasteiger partial charge in [0.1, 0.15) is 12.6 Å². The minimum absolute atomic E-state index is 0.0580. The molecule has 0 aliphatic carbocycles. The summed E-state index contributed by atoms with van der Waals surface area (Å²) in [6, 6.07) is 19.7. The number of hydrogen-bond donors (Lipinski definition) is 1. The molecule has 3 aromatic rings. The van der Waals surface area contributed by atoms with Crippen LogP contribution in [0, 0.1) is 13.8 Å². The molecule has 2 amide bonds. The van der Waals surface area contributed by atoms with Gasteiger partial charge in [0.05, 0.1) is 10.6 Å². The van der Waals surface area contributed by atoms with Gasteiger partial charge in [-0.1, -0.05) is 73.0 Å². The molecule has 9 heteroatoms. The number of nitrogens with one attached hydrogen (secondary N) is 1. The first-order valence-electron chi connectivity index (χ1n) is 13.0. The van der Waals surface area contributed by atoms with E-state index in [1.807, 2.05) is 38.1 Å². The lowest BCUT2D eigenvalue weighted by molar-refractivity contribution is -0.139. The van der Waals surface area contributed by atoms with E-state index in [9.17, 15) is 18.0 Å². The lowest BCUT2D eigenvalue weighted by atomic mass is 10.1. The van der Waals surface area contributed by atoms with Crippen molar-refractivity contribution in [1.29, 1.82) is 0 Å². The molecule has 0 aliphatic rings. The molecule has 0 bridgehead atoms. The van der Waals surface area contributed by atoms with Crippen molar-refractivity contribution in [3.63, 3.8) is 0 Å². The number of nitrogens with zero attached hydrogens (tertiary/aromatic N) is 2. The summed E-state index contributed by atoms with van der Waals surface area (Å²) >= 11 is 6.15. The molecule has 7 nitrogen and oxygen atoms in total. The van der Waals surface area contributed by atoms with Crippen LogP contribution in [0.3, 0.4) is 0 Å². The molecule has 208 valence electrons. The molecule has 3 aromatic carbocycles. The van der Waals surface area contributed by atoms with E-state index in [0.717, 1.165) is 28.3 Å². The summed E-state index contributed by atoms with van der Waals surface area (Å²) in [5, 5.41) is 3.35. The third kappa shape index (κ3) is 7.83. The smallest absolute Gasteiger partial charge is 0.264 e. The molecule has 3 rings (SSSR count). The maximum atomic E-state index is 13.9. The van der Waals surface area contributed by atoms with E-state index in [0.29, 0.717) is 22.8 Å². The SMILES string of the molecule is CCCCNC(=O)[C@H](C)N(Cc1ccc(C)cc1)C(=O)CN(c1ccc(Cl)cc1C)S(=O)(=O)c1ccccc1. The van der Waals surface area contributed by atoms with Crippen LogP contribution in [0.1, 0.15) is 43.4 Å². The number of unbranched alkanes of at least 4 members (excludes halogenated alkanes) is 1. The van der Waals surface area contributed by atoms with E-state index < -0.39 is 28.5 Å². The summed E-state index contributed by atoms with van der Waals surface area (Å²) in [4.78, 5) is 28.5. The summed E-state index contributed by atoms with van der Waals surface area (Å²) < 4.78 is 28.8. The van der Waals surface area contributed by atoms with Gasteiger partial charge in [-0.25, -0.2) is 8.42 Å². The predicted molar refractivity (Wildman–Crippen MR) is 156 cm³/mol. The van der Waals surface area contributed by atoms with Crippen LogP contribution in [-0.4, -0.2) is 44.3 Å². The Balaban J connectivity index is 2.01. The fourth-order valence-corrected chi connectivity index (χ4v) is 5.87. The summed E-state index contributed by atoms with van der Waals surface area (Å²) in [6.45, 7) is 7.58. The third-order valence-electron chi connectivity index (χ3n) is 6.51. The Morgan fingerprint density at radius 3 is 2.26 bits per heavy atom. The molecule has 0 saturated carbocycles. The Labute approximate surface area is 236 Å². The standard InChI is InChI=1S/C30H36ClN3O4S/c1-5-6-18-32-30(36)24(4)33(20-25-14-12-22(2)13-15-25)29(35)21-34(28-17-16-26(31)19-23(28)3)39(37,38)27-10-8-7-9-11-27/h7-17,19,24H,5-6,18,20-21H2,1-4H3,(H,32,36)/t24-/m0/s1. The van der Waals surface area contributed by atoms with Gasteiger partial charge < -0.3 is 10.2 Å². The van der Waals surface area contributed by atoms with Gasteiger partial charge >= 0.3 is 0 Å². The van der Waals surface area contributed by atoms with E-state index >= 15 is 0 Å². The van der Waals surface area contributed by atoms with Gasteiger partial charge in [0.15, 0.2) is 0 Å². The average molecular weight is 570 g/mol. The van der Waals surface area contributed by atoms with Gasteiger partial charge in [0, 0.05) is 18.1 Å². The largest absolute Gasteiger partial charge is 0.354 e. The summed E-state index contributed by atoms with van der Waals surface area (Å²) in [7, 11) is -4.12. The van der Waals surface area contributed by atoms with Crippen LogP contribution in [-0.2, 0) is 26.2 Å². The zero-order chi connectivity index (χ0) is 28.6. The zero-order valence-corrected chi connectivity index (χ0v) is 24.4. The number of benzene rings is 3. The summed E-state index contributed by atoms with van der Waals surface area (Å²) in [6.07, 6.45) is 1.75. The topological polar surface area (TPSA) is 86.8 Å². The minimum Gasteiger partial charge on any atom is -0.354 e. The molecule has 0 saturated heterocycles. The Hall–Kier alpha value is -3.36. The number of rotatable bonds is 12. The molecule has 1 atom stereocenters. The second kappa shape index (κ2) is 13.6. The van der Waals surface area contributed by atoms with Crippen molar-refractivity contribution in [3.8, 4) is 0 Å². The number of amides is 2. The maximum absolute atomic E-state index is 13.9. The van der Waals surface area contributed by atoms with Gasteiger partial charge in [-0.3, -0.25) is 13.9 Å². The second-order valence-corrected chi connectivity index (χ2v) is 11.9. The van der Waals surface area contributed by atoms with Crippen molar-refractivity contribution in [2.75, 3.05) is 17.4 Å². The predicted octanol–water partition coefficient (Wildman–Crippen LogP) is 5.49. The molecule has 0 fully saturated rings. The summed E-state index contributed by atoms with van der Waals surface area (Å²) in [5.41, 5.74) is 2.85. The second-order valence-electron chi connectivity index (χ2n) is 9.58. The van der Waals surface area contributed by atoms with Crippen LogP contribution in [0.5, 0.6) is 0 Å². The van der Waals surface area contributed by atoms with Crippen molar-refractivity contribution in [2.24, 2.45) is 0 Å². The molecule has 0 radical (unpaired) electrons. The number of halogens is 1. The average Bonchev–Trinajstić information content (AvgIpc) is 2.91. The quantitative estimate of drug-likeness (QED) is 0.292. The van der Waals surface area contributed by atoms with Gasteiger partial charge in [-0.05, 0) is 68.7 Å². The molecule has 39 heavy (non-hydrogen) atoms. The van der Waals surface area contributed by atoms with E-state index in [-0.39, 0.29) is 17.3 Å². The Kier molecular flexibility index (Phi) is 10.5. The van der Waals surface area contributed by atoms with Crippen molar-refractivity contribution in [3.05, 3.63) is 94.5 Å². The number of aryl methyl sites for hydroxylation is 2. The van der Waals surface area contributed by atoms with Crippen LogP contribution in [0.2, 0.25) is 5.02 Å². The number of carbonyl (C=O) groups is 2. The van der Waals surface area contributed by atoms with E-state index in [2.05, 4.69) is 5.32 Å². The van der Waals surface area contributed by atoms with Crippen molar-refractivity contribution < 1.29 is 18.0 Å². The Morgan fingerprint density at radius 1 is 0.974 bits per heavy atom. The lowest BCUT2D eigenvalue weighted by Crippen LogP contribution is -2.51. The fraction of sp³-hybridized carbons (Fsp3) is 0.333. The highest BCUT2D eigenvalue weighted by molar-refractivity contribution is 7.92. The normalized spacial score (nSPS) is 12.0. The van der Waals surface area contributed by atoms with Crippen LogP contribution in [0.4, 0.5) is 5.69 Å². The Bertz CT molecular complexity index is 1380. The van der Waals surface area contributed by atoms with Crippen molar-refractivity contribution in [1.82, 2.24) is 10.2 Å². The number of anilines is 1. The number of hydrogen-bond acceptors (Lipinski definition) is 4. The van der Waals surface area contributed by atoms with Gasteiger partial charge in [-0.15, -0.1) is 0 Å². The molecule has 0 aromatic heterocycles. The molecule has 0 spiro atoms. The highest BCUT2D eigenvalue weighted by atomic mass is 35.5. The first kappa shape index (κ1) is 30.2.